The average molecular weight is 232 g/mol. The Morgan fingerprint density at radius 3 is 2.88 bits per heavy atom. The second-order valence-electron chi connectivity index (χ2n) is 4.52. The molecule has 0 N–H and O–H groups in total. The molecule has 2 aromatic heterocycles. The summed E-state index contributed by atoms with van der Waals surface area (Å²) in [4.78, 5) is 20.1. The van der Waals surface area contributed by atoms with Crippen LogP contribution in [0.2, 0.25) is 0 Å². The summed E-state index contributed by atoms with van der Waals surface area (Å²) in [6.45, 7) is 5.02. The molecule has 0 bridgehead atoms. The van der Waals surface area contributed by atoms with Gasteiger partial charge in [-0.2, -0.15) is 0 Å². The molecule has 0 fully saturated rings. The van der Waals surface area contributed by atoms with Gasteiger partial charge in [-0.05, 0) is 12.0 Å². The lowest BCUT2D eigenvalue weighted by Crippen LogP contribution is -2.41. The van der Waals surface area contributed by atoms with Crippen molar-refractivity contribution < 1.29 is 0 Å². The first-order chi connectivity index (χ1) is 8.09. The van der Waals surface area contributed by atoms with Gasteiger partial charge in [-0.3, -0.25) is 4.79 Å². The maximum atomic E-state index is 11.9. The smallest absolute Gasteiger partial charge is 0.270 e. The Kier molecular flexibility index (Phi) is 3.08. The van der Waals surface area contributed by atoms with Crippen LogP contribution in [0.15, 0.2) is 29.5 Å². The second-order valence-corrected chi connectivity index (χ2v) is 4.52. The van der Waals surface area contributed by atoms with Crippen molar-refractivity contribution in [3.05, 3.63) is 35.0 Å². The number of hydrogen-bond donors (Lipinski definition) is 0. The summed E-state index contributed by atoms with van der Waals surface area (Å²) in [6, 6.07) is 3.29. The van der Waals surface area contributed by atoms with E-state index in [4.69, 9.17) is 0 Å². The normalized spacial score (nSPS) is 11.1. The summed E-state index contributed by atoms with van der Waals surface area (Å²) in [7, 11) is 1.89. The van der Waals surface area contributed by atoms with Crippen LogP contribution in [0.4, 0.5) is 0 Å². The van der Waals surface area contributed by atoms with Gasteiger partial charge in [-0.25, -0.2) is 14.6 Å². The van der Waals surface area contributed by atoms with E-state index in [1.165, 1.54) is 6.33 Å². The SMILES string of the molecule is CC(C)CN(C)n1c(=O)ccc2cncnc21. The van der Waals surface area contributed by atoms with Crippen LogP contribution < -0.4 is 10.6 Å². The van der Waals surface area contributed by atoms with Gasteiger partial charge >= 0.3 is 0 Å². The summed E-state index contributed by atoms with van der Waals surface area (Å²) in [6.07, 6.45) is 3.17. The molecule has 0 radical (unpaired) electrons. The van der Waals surface area contributed by atoms with E-state index in [2.05, 4.69) is 23.8 Å². The molecule has 0 spiro atoms. The third kappa shape index (κ3) is 2.27. The Morgan fingerprint density at radius 2 is 2.18 bits per heavy atom. The molecule has 2 heterocycles. The number of hydrogen-bond acceptors (Lipinski definition) is 4. The van der Waals surface area contributed by atoms with Crippen LogP contribution in [0.3, 0.4) is 0 Å². The predicted octanol–water partition coefficient (Wildman–Crippen LogP) is 1.02. The zero-order valence-corrected chi connectivity index (χ0v) is 10.3. The van der Waals surface area contributed by atoms with E-state index < -0.39 is 0 Å². The summed E-state index contributed by atoms with van der Waals surface area (Å²) < 4.78 is 1.59. The number of aromatic nitrogens is 3. The lowest BCUT2D eigenvalue weighted by Gasteiger charge is -2.24. The van der Waals surface area contributed by atoms with Gasteiger partial charge in [-0.15, -0.1) is 0 Å². The summed E-state index contributed by atoms with van der Waals surface area (Å²) in [5, 5.41) is 2.75. The molecule has 0 saturated carbocycles. The van der Waals surface area contributed by atoms with Gasteiger partial charge in [0.05, 0.1) is 0 Å². The maximum Gasteiger partial charge on any atom is 0.270 e. The lowest BCUT2D eigenvalue weighted by atomic mass is 10.2. The van der Waals surface area contributed by atoms with E-state index in [1.807, 2.05) is 12.1 Å². The van der Waals surface area contributed by atoms with E-state index in [0.717, 1.165) is 11.9 Å². The predicted molar refractivity (Wildman–Crippen MR) is 67.6 cm³/mol. The standard InChI is InChI=1S/C12H16N4O/c1-9(2)7-15(3)16-11(17)5-4-10-6-13-8-14-12(10)16/h4-6,8-9H,7H2,1-3H3. The van der Waals surface area contributed by atoms with Crippen LogP contribution in [0.1, 0.15) is 13.8 Å². The fourth-order valence-corrected chi connectivity index (χ4v) is 1.90. The minimum absolute atomic E-state index is 0.0700. The molecule has 2 aromatic rings. The van der Waals surface area contributed by atoms with E-state index in [1.54, 1.807) is 23.0 Å². The minimum atomic E-state index is -0.0700. The quantitative estimate of drug-likeness (QED) is 0.792. The molecule has 0 unspecified atom stereocenters. The molecular formula is C12H16N4O. The monoisotopic (exact) mass is 232 g/mol. The summed E-state index contributed by atoms with van der Waals surface area (Å²) >= 11 is 0. The van der Waals surface area contributed by atoms with E-state index >= 15 is 0 Å². The number of fused-ring (bicyclic) bond motifs is 1. The molecule has 0 aliphatic heterocycles. The molecule has 2 rings (SSSR count). The van der Waals surface area contributed by atoms with Crippen molar-refractivity contribution in [2.45, 2.75) is 13.8 Å². The van der Waals surface area contributed by atoms with Crippen molar-refractivity contribution in [1.82, 2.24) is 14.6 Å². The third-order valence-corrected chi connectivity index (χ3v) is 2.50. The largest absolute Gasteiger partial charge is 0.311 e. The fraction of sp³-hybridized carbons (Fsp3) is 0.417. The first-order valence-electron chi connectivity index (χ1n) is 5.63. The molecule has 5 nitrogen and oxygen atoms in total. The van der Waals surface area contributed by atoms with Crippen molar-refractivity contribution in [3.63, 3.8) is 0 Å². The van der Waals surface area contributed by atoms with Crippen molar-refractivity contribution in [1.29, 1.82) is 0 Å². The summed E-state index contributed by atoms with van der Waals surface area (Å²) in [5.41, 5.74) is 0.579. The van der Waals surface area contributed by atoms with Gasteiger partial charge in [-0.1, -0.05) is 13.8 Å². The zero-order valence-electron chi connectivity index (χ0n) is 10.3. The molecule has 0 aromatic carbocycles. The van der Waals surface area contributed by atoms with Crippen LogP contribution in [0.25, 0.3) is 11.0 Å². The highest BCUT2D eigenvalue weighted by atomic mass is 16.1. The molecule has 0 aliphatic carbocycles. The zero-order chi connectivity index (χ0) is 12.4. The molecule has 90 valence electrons. The average Bonchev–Trinajstić information content (AvgIpc) is 2.27. The number of rotatable bonds is 3. The Morgan fingerprint density at radius 1 is 1.41 bits per heavy atom. The third-order valence-electron chi connectivity index (χ3n) is 2.50. The molecule has 5 heteroatoms. The van der Waals surface area contributed by atoms with Crippen LogP contribution in [0.5, 0.6) is 0 Å². The molecule has 0 aliphatic rings. The topological polar surface area (TPSA) is 51.0 Å². The Balaban J connectivity index is 2.58. The Labute approximate surface area is 99.7 Å². The lowest BCUT2D eigenvalue weighted by molar-refractivity contribution is 0.543. The Hall–Kier alpha value is -1.91. The highest BCUT2D eigenvalue weighted by Crippen LogP contribution is 2.07. The van der Waals surface area contributed by atoms with Crippen molar-refractivity contribution in [2.75, 3.05) is 18.6 Å². The number of pyridine rings is 1. The molecule has 17 heavy (non-hydrogen) atoms. The van der Waals surface area contributed by atoms with Crippen molar-refractivity contribution in [2.24, 2.45) is 5.92 Å². The Bertz CT molecular complexity index is 576. The van der Waals surface area contributed by atoms with Crippen molar-refractivity contribution >= 4 is 11.0 Å². The van der Waals surface area contributed by atoms with Gasteiger partial charge in [0.15, 0.2) is 5.65 Å². The van der Waals surface area contributed by atoms with Crippen LogP contribution >= 0.6 is 0 Å². The van der Waals surface area contributed by atoms with Crippen LogP contribution in [-0.2, 0) is 0 Å². The highest BCUT2D eigenvalue weighted by Gasteiger charge is 2.09. The first-order valence-corrected chi connectivity index (χ1v) is 5.63. The maximum absolute atomic E-state index is 11.9. The minimum Gasteiger partial charge on any atom is -0.311 e. The van der Waals surface area contributed by atoms with Crippen LogP contribution in [0, 0.1) is 5.92 Å². The van der Waals surface area contributed by atoms with Gasteiger partial charge in [0.1, 0.15) is 6.33 Å². The van der Waals surface area contributed by atoms with E-state index in [-0.39, 0.29) is 5.56 Å². The van der Waals surface area contributed by atoms with E-state index in [0.29, 0.717) is 11.6 Å². The van der Waals surface area contributed by atoms with Gasteiger partial charge in [0.2, 0.25) is 0 Å². The second kappa shape index (κ2) is 4.53. The van der Waals surface area contributed by atoms with E-state index in [9.17, 15) is 4.79 Å². The van der Waals surface area contributed by atoms with Gasteiger partial charge in [0.25, 0.3) is 5.56 Å². The first kappa shape index (κ1) is 11.6. The van der Waals surface area contributed by atoms with Crippen molar-refractivity contribution in [3.8, 4) is 0 Å². The molecule has 0 saturated heterocycles. The molecule has 0 atom stereocenters. The van der Waals surface area contributed by atoms with Gasteiger partial charge in [0, 0.05) is 31.2 Å². The summed E-state index contributed by atoms with van der Waals surface area (Å²) in [5.74, 6) is 0.476. The fourth-order valence-electron chi connectivity index (χ4n) is 1.90. The van der Waals surface area contributed by atoms with Gasteiger partial charge < -0.3 is 5.01 Å². The number of nitrogens with zero attached hydrogens (tertiary/aromatic N) is 4. The molecular weight excluding hydrogens is 216 g/mol. The van der Waals surface area contributed by atoms with Crippen LogP contribution in [-0.4, -0.2) is 28.2 Å². The molecule has 0 amide bonds. The highest BCUT2D eigenvalue weighted by molar-refractivity contribution is 5.73.